The van der Waals surface area contributed by atoms with E-state index in [9.17, 15) is 13.2 Å². The highest BCUT2D eigenvalue weighted by Crippen LogP contribution is 2.27. The summed E-state index contributed by atoms with van der Waals surface area (Å²) in [6.45, 7) is 7.90. The van der Waals surface area contributed by atoms with Crippen LogP contribution in [0.25, 0.3) is 0 Å². The van der Waals surface area contributed by atoms with Crippen LogP contribution in [0.2, 0.25) is 0 Å². The molecule has 0 radical (unpaired) electrons. The smallest absolute Gasteiger partial charge is 0.312 e. The predicted octanol–water partition coefficient (Wildman–Crippen LogP) is 3.85. The van der Waals surface area contributed by atoms with E-state index in [0.717, 1.165) is 38.3 Å². The van der Waals surface area contributed by atoms with Gasteiger partial charge in [-0.2, -0.15) is 18.3 Å². The fourth-order valence-electron chi connectivity index (χ4n) is 1.85. The molecule has 0 unspecified atom stereocenters. The van der Waals surface area contributed by atoms with Gasteiger partial charge in [-0.3, -0.25) is 4.68 Å². The van der Waals surface area contributed by atoms with Crippen molar-refractivity contribution in [1.82, 2.24) is 15.1 Å². The number of halogens is 3. The van der Waals surface area contributed by atoms with Gasteiger partial charge in [-0.15, -0.1) is 0 Å². The molecule has 0 spiro atoms. The van der Waals surface area contributed by atoms with Crippen molar-refractivity contribution in [3.8, 4) is 0 Å². The number of hydrogen-bond donors (Lipinski definition) is 1. The number of nitrogens with one attached hydrogen (secondary N) is 1. The number of nitrogens with zero attached hydrogens (tertiary/aromatic N) is 2. The highest BCUT2D eigenvalue weighted by Gasteiger charge is 2.33. The van der Waals surface area contributed by atoms with Crippen LogP contribution < -0.4 is 5.32 Å². The van der Waals surface area contributed by atoms with Crippen LogP contribution in [0.5, 0.6) is 0 Å². The van der Waals surface area contributed by atoms with Gasteiger partial charge in [0, 0.05) is 18.3 Å². The Morgan fingerprint density at radius 3 is 2.30 bits per heavy atom. The maximum Gasteiger partial charge on any atom is 0.435 e. The number of unbranched alkanes of at least 4 members (excludes halogenated alkanes) is 3. The Hall–Kier alpha value is -1.04. The van der Waals surface area contributed by atoms with Gasteiger partial charge in [0.15, 0.2) is 5.69 Å². The summed E-state index contributed by atoms with van der Waals surface area (Å²) >= 11 is 0. The second-order valence-electron chi connectivity index (χ2n) is 6.05. The van der Waals surface area contributed by atoms with E-state index >= 15 is 0 Å². The molecule has 0 aromatic carbocycles. The first kappa shape index (κ1) is 17.0. The zero-order valence-corrected chi connectivity index (χ0v) is 12.4. The fraction of sp³-hybridized carbons (Fsp3) is 0.786. The van der Waals surface area contributed by atoms with E-state index in [1.165, 1.54) is 10.9 Å². The third-order valence-electron chi connectivity index (χ3n) is 2.90. The maximum absolute atomic E-state index is 12.3. The minimum absolute atomic E-state index is 0.142. The Kier molecular flexibility index (Phi) is 6.05. The summed E-state index contributed by atoms with van der Waals surface area (Å²) in [6, 6.07) is 1.02. The van der Waals surface area contributed by atoms with Gasteiger partial charge >= 0.3 is 6.18 Å². The van der Waals surface area contributed by atoms with Crippen LogP contribution in [0.3, 0.4) is 0 Å². The molecule has 6 heteroatoms. The normalized spacial score (nSPS) is 12.9. The lowest BCUT2D eigenvalue weighted by molar-refractivity contribution is -0.141. The lowest BCUT2D eigenvalue weighted by atomic mass is 10.1. The second kappa shape index (κ2) is 7.11. The summed E-state index contributed by atoms with van der Waals surface area (Å²) in [5.41, 5.74) is -0.671. The Balaban J connectivity index is 2.11. The quantitative estimate of drug-likeness (QED) is 0.773. The summed E-state index contributed by atoms with van der Waals surface area (Å²) in [6.07, 6.45) is 1.08. The van der Waals surface area contributed by atoms with Crippen LogP contribution >= 0.6 is 0 Å². The molecule has 1 aromatic heterocycles. The summed E-state index contributed by atoms with van der Waals surface area (Å²) in [4.78, 5) is 0. The molecule has 0 aliphatic heterocycles. The van der Waals surface area contributed by atoms with Crippen molar-refractivity contribution in [2.24, 2.45) is 0 Å². The van der Waals surface area contributed by atoms with Gasteiger partial charge in [0.25, 0.3) is 0 Å². The first-order chi connectivity index (χ1) is 9.18. The minimum Gasteiger partial charge on any atom is -0.312 e. The van der Waals surface area contributed by atoms with E-state index in [-0.39, 0.29) is 5.54 Å². The van der Waals surface area contributed by atoms with Crippen molar-refractivity contribution < 1.29 is 13.2 Å². The fourth-order valence-corrected chi connectivity index (χ4v) is 1.85. The molecule has 3 nitrogen and oxygen atoms in total. The van der Waals surface area contributed by atoms with Crippen molar-refractivity contribution >= 4 is 0 Å². The Bertz CT molecular complexity index is 391. The van der Waals surface area contributed by atoms with E-state index in [4.69, 9.17) is 0 Å². The van der Waals surface area contributed by atoms with E-state index < -0.39 is 11.9 Å². The van der Waals surface area contributed by atoms with Crippen LogP contribution in [0.15, 0.2) is 12.3 Å². The molecule has 0 amide bonds. The zero-order chi connectivity index (χ0) is 15.2. The maximum atomic E-state index is 12.3. The van der Waals surface area contributed by atoms with Crippen molar-refractivity contribution in [2.45, 2.75) is 64.7 Å². The average Bonchev–Trinajstić information content (AvgIpc) is 2.74. The summed E-state index contributed by atoms with van der Waals surface area (Å²) in [5.74, 6) is 0. The van der Waals surface area contributed by atoms with Crippen LogP contribution in [-0.4, -0.2) is 21.9 Å². The average molecular weight is 291 g/mol. The Morgan fingerprint density at radius 1 is 1.10 bits per heavy atom. The van der Waals surface area contributed by atoms with Crippen molar-refractivity contribution in [3.63, 3.8) is 0 Å². The highest BCUT2D eigenvalue weighted by atomic mass is 19.4. The Labute approximate surface area is 118 Å². The van der Waals surface area contributed by atoms with E-state index in [1.807, 2.05) is 0 Å². The van der Waals surface area contributed by atoms with E-state index in [1.54, 1.807) is 0 Å². The van der Waals surface area contributed by atoms with Gasteiger partial charge in [-0.25, -0.2) is 0 Å². The molecule has 1 aromatic rings. The molecule has 0 saturated heterocycles. The largest absolute Gasteiger partial charge is 0.435 e. The molecular weight excluding hydrogens is 267 g/mol. The topological polar surface area (TPSA) is 29.9 Å². The van der Waals surface area contributed by atoms with Gasteiger partial charge in [-0.1, -0.05) is 12.8 Å². The Morgan fingerprint density at radius 2 is 1.75 bits per heavy atom. The monoisotopic (exact) mass is 291 g/mol. The van der Waals surface area contributed by atoms with Crippen LogP contribution in [0.4, 0.5) is 13.2 Å². The van der Waals surface area contributed by atoms with Gasteiger partial charge in [-0.05, 0) is 46.2 Å². The molecular formula is C14H24F3N3. The lowest BCUT2D eigenvalue weighted by Gasteiger charge is -2.20. The molecule has 0 fully saturated rings. The van der Waals surface area contributed by atoms with Crippen molar-refractivity contribution in [3.05, 3.63) is 18.0 Å². The van der Waals surface area contributed by atoms with Crippen LogP contribution in [0.1, 0.15) is 52.1 Å². The molecule has 0 atom stereocenters. The molecule has 0 saturated carbocycles. The van der Waals surface area contributed by atoms with Gasteiger partial charge in [0.1, 0.15) is 0 Å². The van der Waals surface area contributed by atoms with Crippen molar-refractivity contribution in [2.75, 3.05) is 6.54 Å². The third-order valence-corrected chi connectivity index (χ3v) is 2.90. The van der Waals surface area contributed by atoms with E-state index in [2.05, 4.69) is 31.2 Å². The number of hydrogen-bond acceptors (Lipinski definition) is 2. The second-order valence-corrected chi connectivity index (χ2v) is 6.05. The summed E-state index contributed by atoms with van der Waals surface area (Å²) < 4.78 is 38.4. The zero-order valence-electron chi connectivity index (χ0n) is 12.4. The summed E-state index contributed by atoms with van der Waals surface area (Å²) in [5, 5.41) is 6.93. The molecule has 0 aliphatic rings. The summed E-state index contributed by atoms with van der Waals surface area (Å²) in [7, 11) is 0. The lowest BCUT2D eigenvalue weighted by Crippen LogP contribution is -2.36. The molecule has 0 bridgehead atoms. The predicted molar refractivity (Wildman–Crippen MR) is 73.5 cm³/mol. The number of aromatic nitrogens is 2. The van der Waals surface area contributed by atoms with Crippen LogP contribution in [-0.2, 0) is 12.7 Å². The SMILES string of the molecule is CC(C)(C)NCCCCCCn1ccc(C(F)(F)F)n1. The van der Waals surface area contributed by atoms with Crippen molar-refractivity contribution in [1.29, 1.82) is 0 Å². The standard InChI is InChI=1S/C14H24F3N3/c1-13(2,3)18-9-6-4-5-7-10-20-11-8-12(19-20)14(15,16)17/h8,11,18H,4-7,9-10H2,1-3H3. The number of alkyl halides is 3. The van der Waals surface area contributed by atoms with Gasteiger partial charge in [0.2, 0.25) is 0 Å². The van der Waals surface area contributed by atoms with Gasteiger partial charge < -0.3 is 5.32 Å². The first-order valence-electron chi connectivity index (χ1n) is 7.04. The molecule has 116 valence electrons. The molecule has 1 N–H and O–H groups in total. The molecule has 1 heterocycles. The van der Waals surface area contributed by atoms with Crippen LogP contribution in [0, 0.1) is 0 Å². The van der Waals surface area contributed by atoms with Gasteiger partial charge in [0.05, 0.1) is 0 Å². The highest BCUT2D eigenvalue weighted by molar-refractivity contribution is 5.03. The third kappa shape index (κ3) is 6.93. The first-order valence-corrected chi connectivity index (χ1v) is 7.04. The van der Waals surface area contributed by atoms with E-state index in [0.29, 0.717) is 6.54 Å². The molecule has 0 aliphatic carbocycles. The number of rotatable bonds is 7. The number of aryl methyl sites for hydroxylation is 1. The molecule has 1 rings (SSSR count). The molecule has 20 heavy (non-hydrogen) atoms. The minimum atomic E-state index is -4.34.